The zero-order valence-electron chi connectivity index (χ0n) is 14.4. The van der Waals surface area contributed by atoms with Crippen LogP contribution in [0.4, 0.5) is 0 Å². The van der Waals surface area contributed by atoms with Crippen molar-refractivity contribution in [2.75, 3.05) is 26.5 Å². The molecule has 0 aromatic heterocycles. The normalized spacial score (nSPS) is 13.0. The second-order valence-corrected chi connectivity index (χ2v) is 6.66. The Morgan fingerprint density at radius 2 is 1.84 bits per heavy atom. The molecule has 4 nitrogen and oxygen atoms in total. The Morgan fingerprint density at radius 3 is 2.56 bits per heavy atom. The van der Waals surface area contributed by atoms with E-state index in [1.165, 1.54) is 4.90 Å². The highest BCUT2D eigenvalue weighted by Crippen LogP contribution is 2.31. The van der Waals surface area contributed by atoms with Gasteiger partial charge in [-0.15, -0.1) is 11.8 Å². The van der Waals surface area contributed by atoms with Crippen LogP contribution in [0.1, 0.15) is 11.1 Å². The monoisotopic (exact) mass is 355 g/mol. The Hall–Kier alpha value is -2.40. The van der Waals surface area contributed by atoms with E-state index in [2.05, 4.69) is 24.3 Å². The molecule has 0 bridgehead atoms. The minimum Gasteiger partial charge on any atom is -0.486 e. The second-order valence-electron chi connectivity index (χ2n) is 5.78. The molecule has 0 N–H and O–H groups in total. The number of hydrogen-bond acceptors (Lipinski definition) is 4. The van der Waals surface area contributed by atoms with Crippen LogP contribution in [0, 0.1) is 0 Å². The van der Waals surface area contributed by atoms with E-state index in [4.69, 9.17) is 9.47 Å². The topological polar surface area (TPSA) is 38.8 Å². The van der Waals surface area contributed by atoms with Crippen LogP contribution in [0.5, 0.6) is 11.5 Å². The van der Waals surface area contributed by atoms with Gasteiger partial charge in [-0.25, -0.2) is 0 Å². The van der Waals surface area contributed by atoms with Crippen molar-refractivity contribution in [2.24, 2.45) is 0 Å². The van der Waals surface area contributed by atoms with E-state index in [1.807, 2.05) is 24.5 Å². The first-order valence-corrected chi connectivity index (χ1v) is 9.34. The molecule has 1 aliphatic heterocycles. The molecule has 130 valence electrons. The number of carbonyl (C=O) groups excluding carboxylic acids is 1. The summed E-state index contributed by atoms with van der Waals surface area (Å²) in [5, 5.41) is 0. The van der Waals surface area contributed by atoms with Crippen molar-refractivity contribution in [1.29, 1.82) is 0 Å². The van der Waals surface area contributed by atoms with Crippen LogP contribution in [0.15, 0.2) is 53.4 Å². The number of fused-ring (bicyclic) bond motifs is 1. The summed E-state index contributed by atoms with van der Waals surface area (Å²) >= 11 is 1.71. The third-order valence-corrected chi connectivity index (χ3v) is 4.68. The van der Waals surface area contributed by atoms with Gasteiger partial charge < -0.3 is 14.4 Å². The predicted octanol–water partition coefficient (Wildman–Crippen LogP) is 3.85. The Bertz CT molecular complexity index is 771. The fourth-order valence-corrected chi connectivity index (χ4v) is 2.95. The standard InChI is InChI=1S/C20H21NO3S/c1-21(14-16-3-7-17(25-2)8-4-16)20(22)10-6-15-5-9-18-19(13-15)24-12-11-23-18/h3-10,13H,11-12,14H2,1-2H3/b10-6+. The number of thioether (sulfide) groups is 1. The van der Waals surface area contributed by atoms with Gasteiger partial charge in [0.05, 0.1) is 0 Å². The van der Waals surface area contributed by atoms with Crippen LogP contribution in [0.2, 0.25) is 0 Å². The molecule has 0 unspecified atom stereocenters. The third-order valence-electron chi connectivity index (χ3n) is 3.94. The number of ether oxygens (including phenoxy) is 2. The van der Waals surface area contributed by atoms with E-state index >= 15 is 0 Å². The van der Waals surface area contributed by atoms with Crippen molar-refractivity contribution in [3.63, 3.8) is 0 Å². The lowest BCUT2D eigenvalue weighted by Crippen LogP contribution is -2.24. The van der Waals surface area contributed by atoms with E-state index in [0.717, 1.165) is 22.6 Å². The molecule has 3 rings (SSSR count). The van der Waals surface area contributed by atoms with Gasteiger partial charge in [0.1, 0.15) is 13.2 Å². The van der Waals surface area contributed by atoms with E-state index in [9.17, 15) is 4.79 Å². The lowest BCUT2D eigenvalue weighted by atomic mass is 10.1. The van der Waals surface area contributed by atoms with E-state index in [0.29, 0.717) is 19.8 Å². The maximum atomic E-state index is 12.3. The van der Waals surface area contributed by atoms with Crippen LogP contribution in [0.3, 0.4) is 0 Å². The molecule has 1 amide bonds. The van der Waals surface area contributed by atoms with Crippen LogP contribution in [0.25, 0.3) is 6.08 Å². The fourth-order valence-electron chi connectivity index (χ4n) is 2.54. The Balaban J connectivity index is 1.61. The quantitative estimate of drug-likeness (QED) is 0.603. The van der Waals surface area contributed by atoms with Crippen molar-refractivity contribution < 1.29 is 14.3 Å². The van der Waals surface area contributed by atoms with Gasteiger partial charge in [0, 0.05) is 24.6 Å². The summed E-state index contributed by atoms with van der Waals surface area (Å²) in [7, 11) is 1.80. The minimum absolute atomic E-state index is 0.0381. The smallest absolute Gasteiger partial charge is 0.246 e. The third kappa shape index (κ3) is 4.57. The van der Waals surface area contributed by atoms with Crippen LogP contribution < -0.4 is 9.47 Å². The summed E-state index contributed by atoms with van der Waals surface area (Å²) in [5.74, 6) is 1.44. The molecule has 2 aromatic rings. The summed E-state index contributed by atoms with van der Waals surface area (Å²) in [5.41, 5.74) is 2.02. The first-order valence-electron chi connectivity index (χ1n) is 8.11. The average Bonchev–Trinajstić information content (AvgIpc) is 2.66. The maximum Gasteiger partial charge on any atom is 0.246 e. The summed E-state index contributed by atoms with van der Waals surface area (Å²) in [6.07, 6.45) is 5.43. The van der Waals surface area contributed by atoms with Gasteiger partial charge in [0.15, 0.2) is 11.5 Å². The Labute approximate surface area is 152 Å². The molecule has 0 spiro atoms. The van der Waals surface area contributed by atoms with E-state index in [-0.39, 0.29) is 5.91 Å². The van der Waals surface area contributed by atoms with Gasteiger partial charge in [0.2, 0.25) is 5.91 Å². The van der Waals surface area contributed by atoms with Crippen LogP contribution >= 0.6 is 11.8 Å². The Kier molecular flexibility index (Phi) is 5.66. The van der Waals surface area contributed by atoms with Gasteiger partial charge in [0.25, 0.3) is 0 Å². The molecule has 2 aromatic carbocycles. The first-order chi connectivity index (χ1) is 12.2. The lowest BCUT2D eigenvalue weighted by Gasteiger charge is -2.18. The van der Waals surface area contributed by atoms with Gasteiger partial charge >= 0.3 is 0 Å². The SMILES string of the molecule is CSc1ccc(CN(C)C(=O)/C=C/c2ccc3c(c2)OCCO3)cc1. The molecule has 5 heteroatoms. The molecule has 0 saturated heterocycles. The summed E-state index contributed by atoms with van der Waals surface area (Å²) < 4.78 is 11.1. The highest BCUT2D eigenvalue weighted by Gasteiger charge is 2.11. The highest BCUT2D eigenvalue weighted by atomic mass is 32.2. The van der Waals surface area contributed by atoms with Crippen LogP contribution in [-0.4, -0.2) is 37.3 Å². The molecule has 0 aliphatic carbocycles. The number of amides is 1. The molecule has 0 saturated carbocycles. The number of carbonyl (C=O) groups is 1. The number of benzene rings is 2. The minimum atomic E-state index is -0.0381. The number of likely N-dealkylation sites (N-methyl/N-ethyl adjacent to an activating group) is 1. The molecule has 1 heterocycles. The van der Waals surface area contributed by atoms with Gasteiger partial charge in [-0.3, -0.25) is 4.79 Å². The highest BCUT2D eigenvalue weighted by molar-refractivity contribution is 7.98. The number of rotatable bonds is 5. The predicted molar refractivity (Wildman–Crippen MR) is 101 cm³/mol. The average molecular weight is 355 g/mol. The number of nitrogens with zero attached hydrogens (tertiary/aromatic N) is 1. The zero-order valence-corrected chi connectivity index (χ0v) is 15.2. The van der Waals surface area contributed by atoms with Gasteiger partial charge in [-0.1, -0.05) is 18.2 Å². The molecule has 1 aliphatic rings. The summed E-state index contributed by atoms with van der Waals surface area (Å²) in [6.45, 7) is 1.71. The first kappa shape index (κ1) is 17.4. The Morgan fingerprint density at radius 1 is 1.12 bits per heavy atom. The van der Waals surface area contributed by atoms with E-state index < -0.39 is 0 Å². The largest absolute Gasteiger partial charge is 0.486 e. The second kappa shape index (κ2) is 8.12. The zero-order chi connectivity index (χ0) is 17.6. The van der Waals surface area contributed by atoms with Crippen molar-refractivity contribution >= 4 is 23.7 Å². The van der Waals surface area contributed by atoms with E-state index in [1.54, 1.807) is 35.9 Å². The van der Waals surface area contributed by atoms with Crippen molar-refractivity contribution in [3.05, 3.63) is 59.7 Å². The molecular weight excluding hydrogens is 334 g/mol. The summed E-state index contributed by atoms with van der Waals surface area (Å²) in [6, 6.07) is 13.9. The molecule has 0 atom stereocenters. The molecule has 0 fully saturated rings. The van der Waals surface area contributed by atoms with Crippen LogP contribution in [-0.2, 0) is 11.3 Å². The van der Waals surface area contributed by atoms with Gasteiger partial charge in [-0.2, -0.15) is 0 Å². The van der Waals surface area contributed by atoms with Crippen molar-refractivity contribution in [2.45, 2.75) is 11.4 Å². The van der Waals surface area contributed by atoms with Crippen molar-refractivity contribution in [3.8, 4) is 11.5 Å². The fraction of sp³-hybridized carbons (Fsp3) is 0.250. The lowest BCUT2D eigenvalue weighted by molar-refractivity contribution is -0.125. The molecular formula is C20H21NO3S. The molecule has 0 radical (unpaired) electrons. The van der Waals surface area contributed by atoms with Crippen molar-refractivity contribution in [1.82, 2.24) is 4.90 Å². The van der Waals surface area contributed by atoms with Gasteiger partial charge in [-0.05, 0) is 47.7 Å². The number of hydrogen-bond donors (Lipinski definition) is 0. The summed E-state index contributed by atoms with van der Waals surface area (Å²) in [4.78, 5) is 15.2. The maximum absolute atomic E-state index is 12.3. The molecule has 25 heavy (non-hydrogen) atoms.